The van der Waals surface area contributed by atoms with E-state index >= 15 is 0 Å². The van der Waals surface area contributed by atoms with Gasteiger partial charge in [0.15, 0.2) is 6.29 Å². The molecule has 3 atom stereocenters. The molecule has 2 heterocycles. The van der Waals surface area contributed by atoms with Gasteiger partial charge in [0.25, 0.3) is 5.91 Å². The maximum absolute atomic E-state index is 13.3. The van der Waals surface area contributed by atoms with Crippen LogP contribution < -0.4 is 10.2 Å². The van der Waals surface area contributed by atoms with Gasteiger partial charge in [-0.2, -0.15) is 0 Å². The van der Waals surface area contributed by atoms with Gasteiger partial charge in [0.2, 0.25) is 5.91 Å². The number of carbonyl (C=O) groups excluding carboxylic acids is 4. The second-order valence-corrected chi connectivity index (χ2v) is 11.5. The van der Waals surface area contributed by atoms with Crippen LogP contribution >= 0.6 is 0 Å². The minimum absolute atomic E-state index is 0.146. The Morgan fingerprint density at radius 1 is 1.17 bits per heavy atom. The van der Waals surface area contributed by atoms with Gasteiger partial charge in [0.1, 0.15) is 6.29 Å². The van der Waals surface area contributed by atoms with E-state index in [1.807, 2.05) is 6.07 Å². The Kier molecular flexibility index (Phi) is 6.90. The molecule has 5 rings (SSSR count). The molecule has 2 aliphatic carbocycles. The average Bonchev–Trinajstić information content (AvgIpc) is 3.50. The van der Waals surface area contributed by atoms with Gasteiger partial charge in [-0.15, -0.1) is 0 Å². The van der Waals surface area contributed by atoms with Crippen LogP contribution in [0.2, 0.25) is 0 Å². The summed E-state index contributed by atoms with van der Waals surface area (Å²) in [5, 5.41) is 2.53. The third kappa shape index (κ3) is 4.80. The number of nitrogens with zero attached hydrogens (tertiary/aromatic N) is 3. The first-order chi connectivity index (χ1) is 17.4. The summed E-state index contributed by atoms with van der Waals surface area (Å²) in [6.07, 6.45) is 8.18. The van der Waals surface area contributed by atoms with Crippen molar-refractivity contribution in [3.05, 3.63) is 29.3 Å². The molecule has 0 radical (unpaired) electrons. The number of piperidine rings is 2. The molecule has 194 valence electrons. The number of carbonyl (C=O) groups is 4. The number of aldehydes is 2. The first-order valence-corrected chi connectivity index (χ1v) is 13.4. The van der Waals surface area contributed by atoms with Crippen molar-refractivity contribution in [2.45, 2.75) is 57.0 Å². The smallest absolute Gasteiger partial charge is 0.255 e. The predicted molar refractivity (Wildman–Crippen MR) is 137 cm³/mol. The summed E-state index contributed by atoms with van der Waals surface area (Å²) >= 11 is 0. The molecular weight excluding hydrogens is 456 g/mol. The standard InChI is InChI=1S/C28H38N4O4/c1-29-26(35)6-5-23(18-34)30(2)27(36)25-12-22(4-3-19(25)17-33)31-9-7-28(8-10-31)13-24(14-28)32-15-20-11-21(20)16-32/h3-4,12,17-18,20-21,23-24H,5-11,13-16H2,1-2H3,(H,29,35). The molecule has 8 nitrogen and oxygen atoms in total. The number of benzene rings is 1. The molecule has 2 amide bonds. The van der Waals surface area contributed by atoms with Crippen LogP contribution in [0.4, 0.5) is 5.69 Å². The van der Waals surface area contributed by atoms with Crippen molar-refractivity contribution >= 4 is 30.1 Å². The fourth-order valence-electron chi connectivity index (χ4n) is 6.70. The number of rotatable bonds is 9. The van der Waals surface area contributed by atoms with Crippen molar-refractivity contribution < 1.29 is 19.2 Å². The molecule has 1 spiro atoms. The summed E-state index contributed by atoms with van der Waals surface area (Å²) in [6, 6.07) is 5.46. The van der Waals surface area contributed by atoms with Crippen LogP contribution in [0.5, 0.6) is 0 Å². The first kappa shape index (κ1) is 24.9. The van der Waals surface area contributed by atoms with Crippen molar-refractivity contribution in [2.75, 3.05) is 45.2 Å². The minimum Gasteiger partial charge on any atom is -0.371 e. The van der Waals surface area contributed by atoms with Crippen molar-refractivity contribution in [3.8, 4) is 0 Å². The number of likely N-dealkylation sites (tertiary alicyclic amines) is 1. The highest BCUT2D eigenvalue weighted by Crippen LogP contribution is 2.55. The molecule has 0 aromatic heterocycles. The Morgan fingerprint density at radius 2 is 1.86 bits per heavy atom. The second kappa shape index (κ2) is 9.96. The van der Waals surface area contributed by atoms with Crippen LogP contribution in [0, 0.1) is 17.3 Å². The molecule has 2 saturated carbocycles. The number of anilines is 1. The largest absolute Gasteiger partial charge is 0.371 e. The van der Waals surface area contributed by atoms with E-state index in [0.717, 1.165) is 49.5 Å². The predicted octanol–water partition coefficient (Wildman–Crippen LogP) is 2.37. The highest BCUT2D eigenvalue weighted by atomic mass is 16.2. The molecule has 0 bridgehead atoms. The van der Waals surface area contributed by atoms with E-state index in [9.17, 15) is 19.2 Å². The highest BCUT2D eigenvalue weighted by Gasteiger charge is 2.53. The van der Waals surface area contributed by atoms with Gasteiger partial charge in [0.05, 0.1) is 11.6 Å². The summed E-state index contributed by atoms with van der Waals surface area (Å²) in [4.78, 5) is 54.7. The molecule has 4 fully saturated rings. The second-order valence-electron chi connectivity index (χ2n) is 11.5. The third-order valence-electron chi connectivity index (χ3n) is 9.37. The summed E-state index contributed by atoms with van der Waals surface area (Å²) in [6.45, 7) is 4.54. The molecule has 4 aliphatic rings. The zero-order chi connectivity index (χ0) is 25.4. The van der Waals surface area contributed by atoms with E-state index in [4.69, 9.17) is 0 Å². The van der Waals surface area contributed by atoms with Gasteiger partial charge in [-0.1, -0.05) is 0 Å². The van der Waals surface area contributed by atoms with E-state index in [-0.39, 0.29) is 24.7 Å². The summed E-state index contributed by atoms with van der Waals surface area (Å²) in [5.74, 6) is 1.42. The number of fused-ring (bicyclic) bond motifs is 1. The van der Waals surface area contributed by atoms with Crippen LogP contribution in [0.1, 0.15) is 65.7 Å². The lowest BCUT2D eigenvalue weighted by molar-refractivity contribution is -0.121. The van der Waals surface area contributed by atoms with Gasteiger partial charge in [-0.25, -0.2) is 0 Å². The topological polar surface area (TPSA) is 90.0 Å². The number of amides is 2. The van der Waals surface area contributed by atoms with Gasteiger partial charge in [-0.3, -0.25) is 19.3 Å². The Balaban J connectivity index is 1.21. The lowest BCUT2D eigenvalue weighted by Crippen LogP contribution is -2.55. The summed E-state index contributed by atoms with van der Waals surface area (Å²) < 4.78 is 0. The van der Waals surface area contributed by atoms with Crippen molar-refractivity contribution in [1.82, 2.24) is 15.1 Å². The average molecular weight is 495 g/mol. The zero-order valence-electron chi connectivity index (χ0n) is 21.4. The maximum Gasteiger partial charge on any atom is 0.255 e. The molecule has 1 aromatic carbocycles. The van der Waals surface area contributed by atoms with E-state index in [1.54, 1.807) is 19.2 Å². The van der Waals surface area contributed by atoms with Crippen LogP contribution in [0.15, 0.2) is 18.2 Å². The summed E-state index contributed by atoms with van der Waals surface area (Å²) in [5.41, 5.74) is 2.02. The van der Waals surface area contributed by atoms with Crippen LogP contribution in [-0.2, 0) is 9.59 Å². The SMILES string of the molecule is CNC(=O)CCC(C=O)N(C)C(=O)c1cc(N2CCC3(CC2)CC(N2CC4CC4C2)C3)ccc1C=O. The zero-order valence-corrected chi connectivity index (χ0v) is 21.4. The molecule has 8 heteroatoms. The molecule has 36 heavy (non-hydrogen) atoms. The van der Waals surface area contributed by atoms with E-state index in [0.29, 0.717) is 29.1 Å². The van der Waals surface area contributed by atoms with Crippen molar-refractivity contribution in [1.29, 1.82) is 0 Å². The first-order valence-electron chi connectivity index (χ1n) is 13.4. The normalized spacial score (nSPS) is 25.6. The molecular formula is C28H38N4O4. The van der Waals surface area contributed by atoms with Crippen LogP contribution in [-0.4, -0.2) is 86.5 Å². The van der Waals surface area contributed by atoms with Gasteiger partial charge in [0, 0.05) is 64.0 Å². The van der Waals surface area contributed by atoms with Crippen LogP contribution in [0.3, 0.4) is 0 Å². The summed E-state index contributed by atoms with van der Waals surface area (Å²) in [7, 11) is 3.09. The van der Waals surface area contributed by atoms with Crippen LogP contribution in [0.25, 0.3) is 0 Å². The van der Waals surface area contributed by atoms with E-state index < -0.39 is 6.04 Å². The monoisotopic (exact) mass is 494 g/mol. The third-order valence-corrected chi connectivity index (χ3v) is 9.37. The van der Waals surface area contributed by atoms with Crippen molar-refractivity contribution in [3.63, 3.8) is 0 Å². The lowest BCUT2D eigenvalue weighted by atomic mass is 9.60. The molecule has 3 unspecified atom stereocenters. The number of hydrogen-bond donors (Lipinski definition) is 1. The van der Waals surface area contributed by atoms with E-state index in [2.05, 4.69) is 15.1 Å². The molecule has 1 aromatic rings. The minimum atomic E-state index is -0.735. The Morgan fingerprint density at radius 3 is 2.47 bits per heavy atom. The quantitative estimate of drug-likeness (QED) is 0.530. The number of likely N-dealkylation sites (N-methyl/N-ethyl adjacent to an activating group) is 1. The molecule has 1 N–H and O–H groups in total. The van der Waals surface area contributed by atoms with Gasteiger partial charge < -0.3 is 19.9 Å². The molecule has 2 saturated heterocycles. The molecule has 2 aliphatic heterocycles. The highest BCUT2D eigenvalue weighted by molar-refractivity contribution is 6.03. The Hall–Kier alpha value is -2.74. The Labute approximate surface area is 213 Å². The van der Waals surface area contributed by atoms with Gasteiger partial charge >= 0.3 is 0 Å². The number of hydrogen-bond acceptors (Lipinski definition) is 6. The Bertz CT molecular complexity index is 1020. The fraction of sp³-hybridized carbons (Fsp3) is 0.643. The van der Waals surface area contributed by atoms with E-state index in [1.165, 1.54) is 44.3 Å². The lowest BCUT2D eigenvalue weighted by Gasteiger charge is -2.55. The van der Waals surface area contributed by atoms with Crippen molar-refractivity contribution in [2.24, 2.45) is 17.3 Å². The maximum atomic E-state index is 13.3. The number of nitrogens with one attached hydrogen (secondary N) is 1. The van der Waals surface area contributed by atoms with Gasteiger partial charge in [-0.05, 0) is 74.0 Å². The fourth-order valence-corrected chi connectivity index (χ4v) is 6.70.